The van der Waals surface area contributed by atoms with Gasteiger partial charge >= 0.3 is 0 Å². The van der Waals surface area contributed by atoms with Crippen LogP contribution >= 0.6 is 11.8 Å². The highest BCUT2D eigenvalue weighted by molar-refractivity contribution is 8.14. The topological polar surface area (TPSA) is 27.6 Å². The van der Waals surface area contributed by atoms with E-state index in [1.807, 2.05) is 11.8 Å². The summed E-state index contributed by atoms with van der Waals surface area (Å²) in [6.07, 6.45) is 1.22. The van der Waals surface area contributed by atoms with Crippen molar-refractivity contribution in [2.75, 3.05) is 18.0 Å². The summed E-state index contributed by atoms with van der Waals surface area (Å²) >= 11 is 1.91. The van der Waals surface area contributed by atoms with Crippen molar-refractivity contribution in [2.24, 2.45) is 4.99 Å². The van der Waals surface area contributed by atoms with Gasteiger partial charge in [-0.1, -0.05) is 54.2 Å². The van der Waals surface area contributed by atoms with Gasteiger partial charge in [-0.3, -0.25) is 4.99 Å². The second kappa shape index (κ2) is 6.67. The quantitative estimate of drug-likeness (QED) is 0.914. The zero-order chi connectivity index (χ0) is 15.5. The van der Waals surface area contributed by atoms with E-state index in [1.54, 1.807) is 0 Å². The van der Waals surface area contributed by atoms with Gasteiger partial charge in [-0.15, -0.1) is 0 Å². The summed E-state index contributed by atoms with van der Waals surface area (Å²) in [4.78, 5) is 7.25. The first-order chi connectivity index (χ1) is 11.4. The number of amidine groups is 1. The van der Waals surface area contributed by atoms with Crippen LogP contribution in [0.1, 0.15) is 17.5 Å². The van der Waals surface area contributed by atoms with Crippen molar-refractivity contribution in [2.45, 2.75) is 24.8 Å². The van der Waals surface area contributed by atoms with Gasteiger partial charge in [0.05, 0.1) is 6.54 Å². The number of nitrogens with zero attached hydrogens (tertiary/aromatic N) is 2. The molecule has 1 atom stereocenters. The minimum absolute atomic E-state index is 0.614. The Morgan fingerprint density at radius 1 is 1.00 bits per heavy atom. The standard InChI is InChI=1S/C19H21N3S/c1-2-8-17(9-3-1)22-11-10-18(14-22)23-19-20-12-15-6-4-5-7-16(15)13-21-19/h1-9,18H,10-14H2,(H,20,21). The van der Waals surface area contributed by atoms with Gasteiger partial charge < -0.3 is 10.2 Å². The SMILES string of the molecule is c1ccc(N2CCC(SC3=NCc4ccccc4CN3)C2)cc1. The van der Waals surface area contributed by atoms with Crippen LogP contribution in [0.5, 0.6) is 0 Å². The Hall–Kier alpha value is -1.94. The van der Waals surface area contributed by atoms with Crippen LogP contribution in [0.2, 0.25) is 0 Å². The number of nitrogens with one attached hydrogen (secondary N) is 1. The summed E-state index contributed by atoms with van der Waals surface area (Å²) in [6.45, 7) is 3.91. The summed E-state index contributed by atoms with van der Waals surface area (Å²) in [5.74, 6) is 0. The lowest BCUT2D eigenvalue weighted by Gasteiger charge is -2.18. The maximum Gasteiger partial charge on any atom is 0.157 e. The average molecular weight is 323 g/mol. The van der Waals surface area contributed by atoms with Crippen molar-refractivity contribution in [3.8, 4) is 0 Å². The van der Waals surface area contributed by atoms with Crippen molar-refractivity contribution in [1.82, 2.24) is 5.32 Å². The number of anilines is 1. The Balaban J connectivity index is 1.38. The zero-order valence-corrected chi connectivity index (χ0v) is 13.9. The molecule has 0 aliphatic carbocycles. The van der Waals surface area contributed by atoms with Crippen LogP contribution in [0.4, 0.5) is 5.69 Å². The van der Waals surface area contributed by atoms with Gasteiger partial charge in [0.25, 0.3) is 0 Å². The monoisotopic (exact) mass is 323 g/mol. The lowest BCUT2D eigenvalue weighted by Crippen LogP contribution is -2.24. The largest absolute Gasteiger partial charge is 0.370 e. The van der Waals surface area contributed by atoms with Gasteiger partial charge in [0, 0.05) is 30.6 Å². The molecule has 2 heterocycles. The molecular formula is C19H21N3S. The van der Waals surface area contributed by atoms with E-state index in [1.165, 1.54) is 23.2 Å². The average Bonchev–Trinajstić information content (AvgIpc) is 2.97. The van der Waals surface area contributed by atoms with Crippen molar-refractivity contribution in [3.05, 3.63) is 65.7 Å². The molecule has 4 heteroatoms. The Morgan fingerprint density at radius 3 is 2.65 bits per heavy atom. The van der Waals surface area contributed by atoms with Crippen LogP contribution in [0.25, 0.3) is 0 Å². The molecule has 0 bridgehead atoms. The highest BCUT2D eigenvalue weighted by Crippen LogP contribution is 2.28. The van der Waals surface area contributed by atoms with Crippen LogP contribution in [0.3, 0.4) is 0 Å². The Morgan fingerprint density at radius 2 is 1.78 bits per heavy atom. The number of thioether (sulfide) groups is 1. The van der Waals surface area contributed by atoms with Gasteiger partial charge in [0.1, 0.15) is 0 Å². The lowest BCUT2D eigenvalue weighted by molar-refractivity contribution is 0.926. The third-order valence-corrected chi connectivity index (χ3v) is 5.70. The molecule has 1 saturated heterocycles. The highest BCUT2D eigenvalue weighted by atomic mass is 32.2. The van der Waals surface area contributed by atoms with E-state index in [-0.39, 0.29) is 0 Å². The van der Waals surface area contributed by atoms with E-state index < -0.39 is 0 Å². The molecule has 2 aromatic rings. The van der Waals surface area contributed by atoms with Gasteiger partial charge in [-0.25, -0.2) is 0 Å². The van der Waals surface area contributed by atoms with Crippen LogP contribution in [-0.2, 0) is 13.1 Å². The first-order valence-electron chi connectivity index (χ1n) is 8.20. The fourth-order valence-corrected chi connectivity index (χ4v) is 4.29. The molecule has 118 valence electrons. The van der Waals surface area contributed by atoms with Crippen LogP contribution < -0.4 is 10.2 Å². The number of benzene rings is 2. The van der Waals surface area contributed by atoms with E-state index in [0.717, 1.165) is 31.3 Å². The highest BCUT2D eigenvalue weighted by Gasteiger charge is 2.25. The Bertz CT molecular complexity index is 699. The lowest BCUT2D eigenvalue weighted by atomic mass is 10.1. The first kappa shape index (κ1) is 14.6. The molecule has 0 radical (unpaired) electrons. The molecule has 1 N–H and O–H groups in total. The normalized spacial score (nSPS) is 20.4. The number of fused-ring (bicyclic) bond motifs is 1. The molecule has 0 amide bonds. The zero-order valence-electron chi connectivity index (χ0n) is 13.1. The minimum Gasteiger partial charge on any atom is -0.370 e. The van der Waals surface area contributed by atoms with Gasteiger partial charge in [-0.05, 0) is 29.7 Å². The van der Waals surface area contributed by atoms with Crippen molar-refractivity contribution in [3.63, 3.8) is 0 Å². The third kappa shape index (κ3) is 3.37. The van der Waals surface area contributed by atoms with Gasteiger partial charge in [-0.2, -0.15) is 0 Å². The molecule has 4 rings (SSSR count). The second-order valence-corrected chi connectivity index (χ2v) is 7.34. The first-order valence-corrected chi connectivity index (χ1v) is 9.08. The maximum absolute atomic E-state index is 4.78. The fraction of sp³-hybridized carbons (Fsp3) is 0.316. The Labute approximate surface area is 141 Å². The summed E-state index contributed by atoms with van der Waals surface area (Å²) in [5.41, 5.74) is 4.04. The molecule has 0 saturated carbocycles. The summed E-state index contributed by atoms with van der Waals surface area (Å²) in [5, 5.41) is 5.23. The molecule has 23 heavy (non-hydrogen) atoms. The van der Waals surface area contributed by atoms with E-state index in [0.29, 0.717) is 5.25 Å². The maximum atomic E-state index is 4.78. The van der Waals surface area contributed by atoms with Crippen LogP contribution in [0, 0.1) is 0 Å². The van der Waals surface area contributed by atoms with E-state index >= 15 is 0 Å². The minimum atomic E-state index is 0.614. The number of hydrogen-bond donors (Lipinski definition) is 1. The third-order valence-electron chi connectivity index (χ3n) is 4.49. The molecule has 1 unspecified atom stereocenters. The predicted octanol–water partition coefficient (Wildman–Crippen LogP) is 3.66. The van der Waals surface area contributed by atoms with Gasteiger partial charge in [0.2, 0.25) is 0 Å². The van der Waals surface area contributed by atoms with Crippen molar-refractivity contribution in [1.29, 1.82) is 0 Å². The molecule has 0 spiro atoms. The summed E-state index contributed by atoms with van der Waals surface area (Å²) in [6, 6.07) is 19.3. The van der Waals surface area contributed by atoms with Crippen LogP contribution in [0.15, 0.2) is 59.6 Å². The summed E-state index contributed by atoms with van der Waals surface area (Å²) < 4.78 is 0. The van der Waals surface area contributed by atoms with E-state index in [4.69, 9.17) is 4.99 Å². The van der Waals surface area contributed by atoms with Crippen molar-refractivity contribution < 1.29 is 0 Å². The molecule has 2 aromatic carbocycles. The number of para-hydroxylation sites is 1. The Kier molecular flexibility index (Phi) is 4.24. The molecule has 3 nitrogen and oxygen atoms in total. The smallest absolute Gasteiger partial charge is 0.157 e. The van der Waals surface area contributed by atoms with Crippen LogP contribution in [-0.4, -0.2) is 23.5 Å². The van der Waals surface area contributed by atoms with E-state index in [2.05, 4.69) is 64.8 Å². The van der Waals surface area contributed by atoms with Gasteiger partial charge in [0.15, 0.2) is 5.17 Å². The molecule has 1 fully saturated rings. The summed E-state index contributed by atoms with van der Waals surface area (Å²) in [7, 11) is 0. The number of hydrogen-bond acceptors (Lipinski definition) is 4. The number of aliphatic imine (C=N–C) groups is 1. The van der Waals surface area contributed by atoms with E-state index in [9.17, 15) is 0 Å². The number of rotatable bonds is 2. The molecule has 2 aliphatic rings. The molecule has 2 aliphatic heterocycles. The molecular weight excluding hydrogens is 302 g/mol. The fourth-order valence-electron chi connectivity index (χ4n) is 3.20. The van der Waals surface area contributed by atoms with Crippen molar-refractivity contribution >= 4 is 22.6 Å². The second-order valence-electron chi connectivity index (χ2n) is 6.05. The predicted molar refractivity (Wildman–Crippen MR) is 99.1 cm³/mol. The molecule has 0 aromatic heterocycles.